The van der Waals surface area contributed by atoms with Crippen molar-refractivity contribution in [2.24, 2.45) is 0 Å². The number of furan rings is 1. The second-order valence-corrected chi connectivity index (χ2v) is 19.8. The quantitative estimate of drug-likeness (QED) is 0.118. The van der Waals surface area contributed by atoms with Gasteiger partial charge in [0.15, 0.2) is 0 Å². The van der Waals surface area contributed by atoms with Gasteiger partial charge in [-0.2, -0.15) is 0 Å². The molecule has 0 saturated carbocycles. The maximum Gasteiger partial charge on any atom is 0.120 e. The molecule has 3 heterocycles. The van der Waals surface area contributed by atoms with Crippen LogP contribution >= 0.6 is 0 Å². The molecule has 267 valence electrons. The molecule has 3 aromatic heterocycles. The first-order valence-corrected chi connectivity index (χ1v) is 21.5. The Morgan fingerprint density at radius 2 is 1.32 bits per heavy atom. The van der Waals surface area contributed by atoms with Gasteiger partial charge in [0.2, 0.25) is 0 Å². The van der Waals surface area contributed by atoms with Crippen molar-refractivity contribution in [3.63, 3.8) is 0 Å². The molecule has 3 nitrogen and oxygen atoms in total. The maximum atomic E-state index is 5.91. The van der Waals surface area contributed by atoms with E-state index in [9.17, 15) is 0 Å². The number of nitrogens with zero attached hydrogens (tertiary/aromatic N) is 2. The molecule has 5 aromatic carbocycles. The molecule has 5 heteroatoms. The Kier molecular flexibility index (Phi) is 11.7. The molecule has 0 atom stereocenters. The fourth-order valence-electron chi connectivity index (χ4n) is 6.68. The molecular weight excluding hydrogens is 841 g/mol. The second kappa shape index (κ2) is 16.4. The molecule has 0 saturated heterocycles. The van der Waals surface area contributed by atoms with Crippen LogP contribution in [0.1, 0.15) is 42.0 Å². The Morgan fingerprint density at radius 3 is 2.06 bits per heavy atom. The minimum absolute atomic E-state index is 0. The van der Waals surface area contributed by atoms with Crippen LogP contribution < -0.4 is 5.19 Å². The van der Waals surface area contributed by atoms with E-state index in [0.29, 0.717) is 5.92 Å². The molecule has 8 rings (SSSR count). The van der Waals surface area contributed by atoms with Crippen LogP contribution in [0.5, 0.6) is 0 Å². The molecule has 0 amide bonds. The Hall–Kier alpha value is -4.93. The molecule has 0 bridgehead atoms. The molecule has 0 fully saturated rings. The van der Waals surface area contributed by atoms with Crippen LogP contribution in [-0.4, -0.2) is 18.0 Å². The molecule has 0 spiro atoms. The molecule has 0 aliphatic carbocycles. The van der Waals surface area contributed by atoms with E-state index < -0.39 is 8.07 Å². The summed E-state index contributed by atoms with van der Waals surface area (Å²) in [4.78, 5) is 9.46. The molecule has 8 aromatic rings. The third-order valence-electron chi connectivity index (χ3n) is 9.59. The van der Waals surface area contributed by atoms with Crippen molar-refractivity contribution in [2.75, 3.05) is 0 Å². The largest absolute Gasteiger partial charge is 0.500 e. The number of para-hydroxylation sites is 1. The van der Waals surface area contributed by atoms with Crippen molar-refractivity contribution in [1.82, 2.24) is 9.97 Å². The van der Waals surface area contributed by atoms with Gasteiger partial charge in [-0.1, -0.05) is 135 Å². The molecule has 0 aliphatic heterocycles. The number of pyridine rings is 2. The minimum Gasteiger partial charge on any atom is -0.500 e. The number of fused-ring (bicyclic) bond motifs is 3. The van der Waals surface area contributed by atoms with Crippen molar-refractivity contribution in [3.8, 4) is 33.6 Å². The summed E-state index contributed by atoms with van der Waals surface area (Å²) in [5.74, 6) is 0.501. The maximum absolute atomic E-state index is 5.91. The van der Waals surface area contributed by atoms with Crippen molar-refractivity contribution in [1.29, 1.82) is 0 Å². The smallest absolute Gasteiger partial charge is 0.120 e. The summed E-state index contributed by atoms with van der Waals surface area (Å²) in [7, 11) is -1.40. The third kappa shape index (κ3) is 8.66. The van der Waals surface area contributed by atoms with Crippen LogP contribution in [0.3, 0.4) is 0 Å². The number of hydrogen-bond donors (Lipinski definition) is 0. The van der Waals surface area contributed by atoms with Gasteiger partial charge in [0.25, 0.3) is 0 Å². The second-order valence-electron chi connectivity index (χ2n) is 14.8. The Labute approximate surface area is 328 Å². The van der Waals surface area contributed by atoms with E-state index >= 15 is 0 Å². The summed E-state index contributed by atoms with van der Waals surface area (Å²) in [5, 5.41) is 3.69. The summed E-state index contributed by atoms with van der Waals surface area (Å²) in [6.45, 7) is 13.8. The number of rotatable bonds is 7. The summed E-state index contributed by atoms with van der Waals surface area (Å²) in [6, 6.07) is 50.6. The summed E-state index contributed by atoms with van der Waals surface area (Å²) < 4.78 is 5.91. The van der Waals surface area contributed by atoms with E-state index in [-0.39, 0.29) is 20.1 Å². The van der Waals surface area contributed by atoms with Crippen LogP contribution in [0, 0.1) is 19.1 Å². The zero-order valence-electron chi connectivity index (χ0n) is 31.2. The summed E-state index contributed by atoms with van der Waals surface area (Å²) in [6.07, 6.45) is 4.97. The standard InChI is InChI=1S/C25H18NO.C23H26NSi.Ir/c1-17-16-26-23(15-20(17)13-18-7-3-2-4-8-18)19-11-12-25-22(14-19)21-9-5-6-10-24(21)27-25;1-17(2)21-15-22(24-16-23(21)25(3,4)5)20-13-9-12-19(14-20)18-10-7-6-8-11-18;/h2-10,12,14-16H,13H2,1H3;6-12,14-17H,1-5H3;/q2*-1;. The Morgan fingerprint density at radius 1 is 0.660 bits per heavy atom. The van der Waals surface area contributed by atoms with Crippen LogP contribution in [0.25, 0.3) is 55.6 Å². The zero-order chi connectivity index (χ0) is 36.2. The predicted octanol–water partition coefficient (Wildman–Crippen LogP) is 12.2. The van der Waals surface area contributed by atoms with Gasteiger partial charge in [0.1, 0.15) is 5.58 Å². The van der Waals surface area contributed by atoms with Crippen molar-refractivity contribution >= 4 is 35.2 Å². The zero-order valence-corrected chi connectivity index (χ0v) is 34.6. The van der Waals surface area contributed by atoms with Crippen LogP contribution in [0.15, 0.2) is 144 Å². The topological polar surface area (TPSA) is 38.9 Å². The van der Waals surface area contributed by atoms with E-state index in [2.05, 4.69) is 149 Å². The Balaban J connectivity index is 0.000000179. The van der Waals surface area contributed by atoms with Crippen molar-refractivity contribution in [2.45, 2.75) is 52.8 Å². The summed E-state index contributed by atoms with van der Waals surface area (Å²) in [5.41, 5.74) is 13.4. The fourth-order valence-corrected chi connectivity index (χ4v) is 8.36. The van der Waals surface area contributed by atoms with Gasteiger partial charge in [0, 0.05) is 37.9 Å². The molecule has 0 unspecified atom stereocenters. The van der Waals surface area contributed by atoms with Gasteiger partial charge in [-0.05, 0) is 64.2 Å². The number of aryl methyl sites for hydroxylation is 1. The van der Waals surface area contributed by atoms with Gasteiger partial charge in [0.05, 0.1) is 13.7 Å². The first-order chi connectivity index (χ1) is 25.1. The summed E-state index contributed by atoms with van der Waals surface area (Å²) >= 11 is 0. The van der Waals surface area contributed by atoms with Gasteiger partial charge in [-0.3, -0.25) is 0 Å². The van der Waals surface area contributed by atoms with Gasteiger partial charge < -0.3 is 14.4 Å². The van der Waals surface area contributed by atoms with Gasteiger partial charge in [-0.25, -0.2) is 0 Å². The third-order valence-corrected chi connectivity index (χ3v) is 11.6. The van der Waals surface area contributed by atoms with Crippen LogP contribution in [0.4, 0.5) is 0 Å². The van der Waals surface area contributed by atoms with Gasteiger partial charge >= 0.3 is 0 Å². The SMILES string of the molecule is CC(C)c1cc(-c2[c-]ccc(-c3ccccc3)c2)ncc1[Si](C)(C)C.Cc1cnc(-c2[c-]cc3oc4ccccc4c3c2)cc1Cc1ccccc1.[Ir]. The number of aromatic nitrogens is 2. The molecular formula is C48H44IrN2OSi-2. The number of hydrogen-bond acceptors (Lipinski definition) is 3. The molecule has 0 aliphatic rings. The average Bonchev–Trinajstić information content (AvgIpc) is 3.54. The Bertz CT molecular complexity index is 2470. The van der Waals surface area contributed by atoms with Gasteiger partial charge in [-0.15, -0.1) is 59.2 Å². The van der Waals surface area contributed by atoms with E-state index in [1.807, 2.05) is 48.7 Å². The van der Waals surface area contributed by atoms with E-state index in [1.165, 1.54) is 38.6 Å². The van der Waals surface area contributed by atoms with Crippen molar-refractivity contribution < 1.29 is 24.5 Å². The van der Waals surface area contributed by atoms with Crippen LogP contribution in [-0.2, 0) is 26.5 Å². The first-order valence-electron chi connectivity index (χ1n) is 18.0. The first kappa shape index (κ1) is 37.8. The average molecular weight is 885 g/mol. The van der Waals surface area contributed by atoms with E-state index in [4.69, 9.17) is 9.40 Å². The van der Waals surface area contributed by atoms with Crippen LogP contribution in [0.2, 0.25) is 19.6 Å². The molecule has 0 N–H and O–H groups in total. The minimum atomic E-state index is -1.40. The number of benzene rings is 5. The molecule has 53 heavy (non-hydrogen) atoms. The van der Waals surface area contributed by atoms with E-state index in [1.54, 1.807) is 0 Å². The normalized spacial score (nSPS) is 11.3. The monoisotopic (exact) mass is 885 g/mol. The predicted molar refractivity (Wildman–Crippen MR) is 221 cm³/mol. The van der Waals surface area contributed by atoms with E-state index in [0.717, 1.165) is 50.9 Å². The molecule has 1 radical (unpaired) electrons. The van der Waals surface area contributed by atoms with Crippen molar-refractivity contribution in [3.05, 3.63) is 174 Å². The fraction of sp³-hybridized carbons (Fsp3) is 0.167.